The standard InChI is InChI=1S/C29H36N6O6S/c1-2-34(29(37)38)16-24-32-25-26(35(24)15-9-8-14-30-21-18-42(39,40)19-21)22-12-6-7-13-23(22)31-27(25)33-28(36)41-17-20-10-4-3-5-11-20/h3-7,10-13,21,30,39-40H,2,8-9,14-19H2,1H3,(H,37,38)(H,31,33,36). The molecule has 1 saturated heterocycles. The van der Waals surface area contributed by atoms with Gasteiger partial charge in [-0.2, -0.15) is 10.6 Å². The maximum atomic E-state index is 12.8. The normalized spacial score (nSPS) is 15.3. The Labute approximate surface area is 245 Å². The lowest BCUT2D eigenvalue weighted by Crippen LogP contribution is -2.48. The van der Waals surface area contributed by atoms with Gasteiger partial charge in [0.2, 0.25) is 0 Å². The summed E-state index contributed by atoms with van der Waals surface area (Å²) in [5, 5.41) is 16.7. The summed E-state index contributed by atoms with van der Waals surface area (Å²) in [7, 11) is -2.38. The molecule has 2 aromatic carbocycles. The molecule has 0 atom stereocenters. The molecule has 2 aromatic heterocycles. The molecular formula is C29H36N6O6S. The van der Waals surface area contributed by atoms with Gasteiger partial charge in [-0.25, -0.2) is 19.6 Å². The molecule has 1 aliphatic rings. The van der Waals surface area contributed by atoms with Crippen LogP contribution in [0.5, 0.6) is 0 Å². The average Bonchev–Trinajstić information content (AvgIpc) is 3.32. The van der Waals surface area contributed by atoms with Crippen LogP contribution in [-0.4, -0.2) is 76.5 Å². The number of amides is 2. The number of aryl methyl sites for hydroxylation is 1. The smallest absolute Gasteiger partial charge is 0.413 e. The topological polar surface area (TPSA) is 162 Å². The Balaban J connectivity index is 1.42. The molecule has 13 heteroatoms. The van der Waals surface area contributed by atoms with Crippen LogP contribution in [0.25, 0.3) is 21.9 Å². The third kappa shape index (κ3) is 6.93. The van der Waals surface area contributed by atoms with Crippen molar-refractivity contribution in [3.8, 4) is 0 Å². The number of imidazole rings is 1. The molecule has 0 bridgehead atoms. The fraction of sp³-hybridized carbons (Fsp3) is 0.379. The molecule has 224 valence electrons. The number of nitrogens with zero attached hydrogens (tertiary/aromatic N) is 4. The van der Waals surface area contributed by atoms with Crippen molar-refractivity contribution in [2.24, 2.45) is 0 Å². The summed E-state index contributed by atoms with van der Waals surface area (Å²) >= 11 is 0. The van der Waals surface area contributed by atoms with Crippen LogP contribution in [-0.2, 0) is 24.4 Å². The van der Waals surface area contributed by atoms with Crippen molar-refractivity contribution in [3.05, 3.63) is 66.0 Å². The summed E-state index contributed by atoms with van der Waals surface area (Å²) in [6, 6.07) is 17.1. The van der Waals surface area contributed by atoms with Gasteiger partial charge in [0.1, 0.15) is 17.9 Å². The molecule has 42 heavy (non-hydrogen) atoms. The second kappa shape index (κ2) is 12.9. The highest BCUT2D eigenvalue weighted by Crippen LogP contribution is 2.48. The molecule has 0 radical (unpaired) electrons. The number of hydrogen-bond donors (Lipinski definition) is 5. The van der Waals surface area contributed by atoms with Crippen molar-refractivity contribution in [2.75, 3.05) is 29.9 Å². The van der Waals surface area contributed by atoms with Gasteiger partial charge in [0.15, 0.2) is 5.82 Å². The third-order valence-corrected chi connectivity index (χ3v) is 9.13. The number of hydrogen-bond acceptors (Lipinski definition) is 8. The van der Waals surface area contributed by atoms with Crippen LogP contribution >= 0.6 is 10.6 Å². The van der Waals surface area contributed by atoms with E-state index in [1.54, 1.807) is 6.92 Å². The van der Waals surface area contributed by atoms with Crippen LogP contribution in [0, 0.1) is 0 Å². The van der Waals surface area contributed by atoms with Gasteiger partial charge in [0.25, 0.3) is 0 Å². The Hall–Kier alpha value is -3.91. The van der Waals surface area contributed by atoms with Crippen LogP contribution < -0.4 is 10.6 Å². The minimum absolute atomic E-state index is 0.0743. The van der Waals surface area contributed by atoms with Crippen LogP contribution in [0.2, 0.25) is 0 Å². The van der Waals surface area contributed by atoms with Crippen molar-refractivity contribution in [1.82, 2.24) is 24.8 Å². The largest absolute Gasteiger partial charge is 0.465 e. The SMILES string of the molecule is CCN(Cc1nc2c(NC(=O)OCc3ccccc3)nc3ccccc3c2n1CCCCNC1CS(O)(O)C1)C(=O)O. The molecule has 0 unspecified atom stereocenters. The van der Waals surface area contributed by atoms with E-state index < -0.39 is 22.8 Å². The first-order valence-electron chi connectivity index (χ1n) is 13.9. The van der Waals surface area contributed by atoms with Gasteiger partial charge in [-0.3, -0.25) is 14.4 Å². The van der Waals surface area contributed by atoms with E-state index in [1.165, 1.54) is 4.90 Å². The highest BCUT2D eigenvalue weighted by atomic mass is 32.3. The lowest BCUT2D eigenvalue weighted by atomic mass is 10.2. The first-order chi connectivity index (χ1) is 20.2. The van der Waals surface area contributed by atoms with E-state index in [4.69, 9.17) is 9.72 Å². The quantitative estimate of drug-likeness (QED) is 0.136. The number of unbranched alkanes of at least 4 members (excludes halogenated alkanes) is 1. The van der Waals surface area contributed by atoms with E-state index in [0.717, 1.165) is 35.9 Å². The van der Waals surface area contributed by atoms with E-state index in [2.05, 4.69) is 15.6 Å². The minimum atomic E-state index is -2.38. The number of nitrogens with one attached hydrogen (secondary N) is 2. The highest BCUT2D eigenvalue weighted by molar-refractivity contribution is 8.25. The molecule has 1 aliphatic heterocycles. The maximum absolute atomic E-state index is 12.8. The van der Waals surface area contributed by atoms with Gasteiger partial charge in [0, 0.05) is 24.5 Å². The fourth-order valence-electron chi connectivity index (χ4n) is 5.09. The van der Waals surface area contributed by atoms with E-state index in [-0.39, 0.29) is 25.0 Å². The molecule has 0 saturated carbocycles. The number of carbonyl (C=O) groups is 2. The number of carbonyl (C=O) groups excluding carboxylic acids is 1. The Morgan fingerprint density at radius 3 is 2.52 bits per heavy atom. The summed E-state index contributed by atoms with van der Waals surface area (Å²) in [5.41, 5.74) is 2.73. The molecule has 5 rings (SSSR count). The number of ether oxygens (including phenoxy) is 1. The second-order valence-electron chi connectivity index (χ2n) is 10.3. The zero-order valence-electron chi connectivity index (χ0n) is 23.4. The van der Waals surface area contributed by atoms with E-state index in [9.17, 15) is 23.8 Å². The summed E-state index contributed by atoms with van der Waals surface area (Å²) in [6.07, 6.45) is -0.117. The molecule has 12 nitrogen and oxygen atoms in total. The number of carboxylic acid groups (broad SMARTS) is 1. The number of pyridine rings is 1. The molecular weight excluding hydrogens is 560 g/mol. The predicted molar refractivity (Wildman–Crippen MR) is 163 cm³/mol. The molecule has 4 aromatic rings. The predicted octanol–water partition coefficient (Wildman–Crippen LogP) is 5.34. The molecule has 1 fully saturated rings. The first-order valence-corrected chi connectivity index (χ1v) is 15.8. The number of rotatable bonds is 12. The van der Waals surface area contributed by atoms with Gasteiger partial charge in [-0.1, -0.05) is 48.5 Å². The van der Waals surface area contributed by atoms with Crippen LogP contribution in [0.4, 0.5) is 15.4 Å². The van der Waals surface area contributed by atoms with Crippen molar-refractivity contribution >= 4 is 50.5 Å². The number of fused-ring (bicyclic) bond motifs is 3. The second-order valence-corrected chi connectivity index (χ2v) is 12.6. The van der Waals surface area contributed by atoms with Crippen molar-refractivity contribution in [3.63, 3.8) is 0 Å². The van der Waals surface area contributed by atoms with Gasteiger partial charge >= 0.3 is 12.2 Å². The highest BCUT2D eigenvalue weighted by Gasteiger charge is 2.32. The van der Waals surface area contributed by atoms with Crippen LogP contribution in [0.15, 0.2) is 54.6 Å². The van der Waals surface area contributed by atoms with Gasteiger partial charge in [-0.05, 0) is 37.9 Å². The fourth-order valence-corrected chi connectivity index (χ4v) is 6.51. The number of anilines is 1. The van der Waals surface area contributed by atoms with E-state index in [0.29, 0.717) is 41.5 Å². The molecule has 2 amide bonds. The maximum Gasteiger partial charge on any atom is 0.413 e. The average molecular weight is 597 g/mol. The molecule has 5 N–H and O–H groups in total. The minimum Gasteiger partial charge on any atom is -0.465 e. The summed E-state index contributed by atoms with van der Waals surface area (Å²) in [6.45, 7) is 3.52. The summed E-state index contributed by atoms with van der Waals surface area (Å²) < 4.78 is 26.7. The van der Waals surface area contributed by atoms with Gasteiger partial charge < -0.3 is 24.6 Å². The molecule has 3 heterocycles. The zero-order chi connectivity index (χ0) is 29.7. The Morgan fingerprint density at radius 2 is 1.81 bits per heavy atom. The lowest BCUT2D eigenvalue weighted by molar-refractivity contribution is 0.143. The van der Waals surface area contributed by atoms with E-state index in [1.807, 2.05) is 59.2 Å². The number of benzene rings is 2. The zero-order valence-corrected chi connectivity index (χ0v) is 24.2. The van der Waals surface area contributed by atoms with Gasteiger partial charge in [-0.15, -0.1) is 0 Å². The number of para-hydroxylation sites is 1. The number of aromatic nitrogens is 3. The summed E-state index contributed by atoms with van der Waals surface area (Å²) in [4.78, 5) is 35.5. The van der Waals surface area contributed by atoms with Crippen molar-refractivity contribution < 1.29 is 28.5 Å². The molecule has 0 spiro atoms. The Kier molecular flexibility index (Phi) is 9.12. The van der Waals surface area contributed by atoms with E-state index >= 15 is 0 Å². The van der Waals surface area contributed by atoms with Crippen LogP contribution in [0.3, 0.4) is 0 Å². The Bertz CT molecular complexity index is 1550. The lowest BCUT2D eigenvalue weighted by Gasteiger charge is -2.47. The van der Waals surface area contributed by atoms with Gasteiger partial charge in [0.05, 0.1) is 29.1 Å². The molecule has 0 aliphatic carbocycles. The van der Waals surface area contributed by atoms with Crippen LogP contribution in [0.1, 0.15) is 31.2 Å². The third-order valence-electron chi connectivity index (χ3n) is 7.26. The Morgan fingerprint density at radius 1 is 1.07 bits per heavy atom. The first kappa shape index (κ1) is 29.6. The van der Waals surface area contributed by atoms with Crippen molar-refractivity contribution in [2.45, 2.75) is 45.5 Å². The summed E-state index contributed by atoms with van der Waals surface area (Å²) in [5.74, 6) is 1.58. The van der Waals surface area contributed by atoms with Crippen molar-refractivity contribution in [1.29, 1.82) is 0 Å². The monoisotopic (exact) mass is 596 g/mol.